The molecule has 0 saturated heterocycles. The molecule has 1 unspecified atom stereocenters. The van der Waals surface area contributed by atoms with Gasteiger partial charge < -0.3 is 14.9 Å². The fraction of sp³-hybridized carbons (Fsp3) is 0.500. The van der Waals surface area contributed by atoms with Crippen molar-refractivity contribution in [1.82, 2.24) is 4.90 Å². The molecule has 1 heterocycles. The summed E-state index contributed by atoms with van der Waals surface area (Å²) < 4.78 is 0. The van der Waals surface area contributed by atoms with Crippen LogP contribution in [0.1, 0.15) is 32.3 Å². The van der Waals surface area contributed by atoms with Crippen LogP contribution >= 0.6 is 0 Å². The van der Waals surface area contributed by atoms with Gasteiger partial charge in [-0.1, -0.05) is 31.0 Å². The third-order valence-corrected chi connectivity index (χ3v) is 3.70. The molecule has 1 aliphatic heterocycles. The summed E-state index contributed by atoms with van der Waals surface area (Å²) in [6.45, 7) is 6.00. The van der Waals surface area contributed by atoms with Gasteiger partial charge in [0.15, 0.2) is 0 Å². The summed E-state index contributed by atoms with van der Waals surface area (Å²) in [6, 6.07) is 8.09. The van der Waals surface area contributed by atoms with Crippen LogP contribution in [0, 0.1) is 11.8 Å². The van der Waals surface area contributed by atoms with Crippen LogP contribution in [0.15, 0.2) is 24.3 Å². The Morgan fingerprint density at radius 2 is 2.05 bits per heavy atom. The number of β-amino-alcohol motifs (C(OH)–C–C–N with tert-alkyl or cyclic N) is 1. The van der Waals surface area contributed by atoms with Crippen molar-refractivity contribution in [2.75, 3.05) is 24.5 Å². The number of anilines is 1. The molecule has 118 valence electrons. The molecule has 1 aromatic rings. The van der Waals surface area contributed by atoms with Crippen molar-refractivity contribution in [3.63, 3.8) is 0 Å². The van der Waals surface area contributed by atoms with Gasteiger partial charge in [0.25, 0.3) is 0 Å². The van der Waals surface area contributed by atoms with E-state index in [1.807, 2.05) is 30.0 Å². The van der Waals surface area contributed by atoms with Crippen molar-refractivity contribution < 1.29 is 9.90 Å². The van der Waals surface area contributed by atoms with Crippen molar-refractivity contribution in [2.45, 2.75) is 39.3 Å². The van der Waals surface area contributed by atoms with Crippen molar-refractivity contribution in [1.29, 1.82) is 0 Å². The molecule has 4 nitrogen and oxygen atoms in total. The maximum absolute atomic E-state index is 12.4. The molecule has 0 saturated carbocycles. The lowest BCUT2D eigenvalue weighted by Crippen LogP contribution is -2.40. The van der Waals surface area contributed by atoms with E-state index in [9.17, 15) is 9.90 Å². The first-order valence-corrected chi connectivity index (χ1v) is 7.86. The molecule has 1 amide bonds. The maximum atomic E-state index is 12.4. The van der Waals surface area contributed by atoms with Crippen LogP contribution in [-0.4, -0.2) is 41.7 Å². The van der Waals surface area contributed by atoms with E-state index >= 15 is 0 Å². The fourth-order valence-corrected chi connectivity index (χ4v) is 2.68. The van der Waals surface area contributed by atoms with Crippen LogP contribution in [0.2, 0.25) is 0 Å². The van der Waals surface area contributed by atoms with Crippen molar-refractivity contribution in [2.24, 2.45) is 0 Å². The summed E-state index contributed by atoms with van der Waals surface area (Å²) in [6.07, 6.45) is 0.837. The second kappa shape index (κ2) is 7.86. The number of para-hydroxylation sites is 1. The Kier molecular flexibility index (Phi) is 5.85. The minimum Gasteiger partial charge on any atom is -0.392 e. The number of hydrogen-bond acceptors (Lipinski definition) is 3. The number of carbonyl (C=O) groups excluding carboxylic acids is 1. The lowest BCUT2D eigenvalue weighted by molar-refractivity contribution is -0.131. The van der Waals surface area contributed by atoms with Gasteiger partial charge in [-0.15, -0.1) is 5.92 Å². The number of aliphatic hydroxyl groups excluding tert-OH is 1. The van der Waals surface area contributed by atoms with E-state index in [2.05, 4.69) is 22.8 Å². The van der Waals surface area contributed by atoms with E-state index < -0.39 is 6.10 Å². The lowest BCUT2D eigenvalue weighted by atomic mass is 10.1. The first-order valence-electron chi connectivity index (χ1n) is 7.86. The highest BCUT2D eigenvalue weighted by molar-refractivity contribution is 5.78. The van der Waals surface area contributed by atoms with Gasteiger partial charge in [-0.05, 0) is 18.6 Å². The molecule has 4 heteroatoms. The molecule has 0 spiro atoms. The maximum Gasteiger partial charge on any atom is 0.225 e. The van der Waals surface area contributed by atoms with Gasteiger partial charge in [-0.2, -0.15) is 0 Å². The van der Waals surface area contributed by atoms with Crippen LogP contribution in [0.4, 0.5) is 5.69 Å². The average Bonchev–Trinajstić information content (AvgIpc) is 2.49. The monoisotopic (exact) mass is 300 g/mol. The lowest BCUT2D eigenvalue weighted by Gasteiger charge is -2.33. The molecule has 0 radical (unpaired) electrons. The van der Waals surface area contributed by atoms with Crippen LogP contribution < -0.4 is 4.90 Å². The van der Waals surface area contributed by atoms with Gasteiger partial charge in [0.05, 0.1) is 12.6 Å². The smallest absolute Gasteiger partial charge is 0.225 e. The van der Waals surface area contributed by atoms with E-state index in [1.165, 1.54) is 0 Å². The summed E-state index contributed by atoms with van der Waals surface area (Å²) in [5.41, 5.74) is 2.21. The molecule has 0 aliphatic carbocycles. The number of aliphatic hydroxyl groups is 1. The molecule has 2 rings (SSSR count). The molecule has 22 heavy (non-hydrogen) atoms. The average molecular weight is 300 g/mol. The number of carbonyl (C=O) groups is 1. The molecule has 0 fully saturated rings. The summed E-state index contributed by atoms with van der Waals surface area (Å²) in [5, 5.41) is 9.70. The highest BCUT2D eigenvalue weighted by atomic mass is 16.3. The number of fused-ring (bicyclic) bond motifs is 1. The first kappa shape index (κ1) is 16.4. The van der Waals surface area contributed by atoms with Gasteiger partial charge in [0.2, 0.25) is 5.91 Å². The van der Waals surface area contributed by atoms with E-state index in [1.54, 1.807) is 6.92 Å². The van der Waals surface area contributed by atoms with Gasteiger partial charge in [0.1, 0.15) is 0 Å². The SMILES string of the molecule is CCC#CCN1Cc2ccccc2N(CC(C)O)CCC1=O. The zero-order valence-electron chi connectivity index (χ0n) is 13.4. The van der Waals surface area contributed by atoms with Gasteiger partial charge in [-0.3, -0.25) is 4.79 Å². The Bertz CT molecular complexity index is 572. The molecule has 1 N–H and O–H groups in total. The minimum absolute atomic E-state index is 0.121. The third-order valence-electron chi connectivity index (χ3n) is 3.70. The van der Waals surface area contributed by atoms with Crippen molar-refractivity contribution in [3.8, 4) is 11.8 Å². The van der Waals surface area contributed by atoms with Crippen molar-refractivity contribution in [3.05, 3.63) is 29.8 Å². The Morgan fingerprint density at radius 1 is 1.27 bits per heavy atom. The minimum atomic E-state index is -0.422. The van der Waals surface area contributed by atoms with Crippen LogP contribution in [0.3, 0.4) is 0 Å². The van der Waals surface area contributed by atoms with Gasteiger partial charge in [-0.25, -0.2) is 0 Å². The second-order valence-electron chi connectivity index (χ2n) is 5.63. The zero-order valence-corrected chi connectivity index (χ0v) is 13.4. The molecule has 0 aromatic heterocycles. The molecular weight excluding hydrogens is 276 g/mol. The molecule has 1 atom stereocenters. The highest BCUT2D eigenvalue weighted by Crippen LogP contribution is 2.25. The second-order valence-corrected chi connectivity index (χ2v) is 5.63. The normalized spacial score (nSPS) is 16.2. The molecule has 0 bridgehead atoms. The Labute approximate surface area is 132 Å². The summed E-state index contributed by atoms with van der Waals surface area (Å²) in [4.78, 5) is 16.3. The predicted octanol–water partition coefficient (Wildman–Crippen LogP) is 2.02. The number of amides is 1. The summed E-state index contributed by atoms with van der Waals surface area (Å²) in [5.74, 6) is 6.20. The van der Waals surface area contributed by atoms with Crippen LogP contribution in [-0.2, 0) is 11.3 Å². The largest absolute Gasteiger partial charge is 0.392 e. The zero-order chi connectivity index (χ0) is 15.9. The van der Waals surface area contributed by atoms with E-state index in [0.29, 0.717) is 32.6 Å². The number of hydrogen-bond donors (Lipinski definition) is 1. The summed E-state index contributed by atoms with van der Waals surface area (Å²) in [7, 11) is 0. The van der Waals surface area contributed by atoms with Gasteiger partial charge in [0, 0.05) is 38.2 Å². The Morgan fingerprint density at radius 3 is 2.77 bits per heavy atom. The van der Waals surface area contributed by atoms with Crippen LogP contribution in [0.5, 0.6) is 0 Å². The van der Waals surface area contributed by atoms with Gasteiger partial charge >= 0.3 is 0 Å². The third kappa shape index (κ3) is 4.25. The standard InChI is InChI=1S/C18H24N2O2/c1-3-4-7-11-20-14-16-8-5-6-9-17(16)19(13-15(2)21)12-10-18(20)22/h5-6,8-9,15,21H,3,10-14H2,1-2H3. The predicted molar refractivity (Wildman–Crippen MR) is 88.4 cm³/mol. The van der Waals surface area contributed by atoms with Crippen molar-refractivity contribution >= 4 is 11.6 Å². The fourth-order valence-electron chi connectivity index (χ4n) is 2.68. The Hall–Kier alpha value is -1.99. The number of rotatable bonds is 3. The molecular formula is C18H24N2O2. The van der Waals surface area contributed by atoms with E-state index in [0.717, 1.165) is 17.7 Å². The van der Waals surface area contributed by atoms with Crippen LogP contribution in [0.25, 0.3) is 0 Å². The number of nitrogens with zero attached hydrogens (tertiary/aromatic N) is 2. The topological polar surface area (TPSA) is 43.8 Å². The first-order chi connectivity index (χ1) is 10.6. The Balaban J connectivity index is 2.25. The highest BCUT2D eigenvalue weighted by Gasteiger charge is 2.22. The van der Waals surface area contributed by atoms with E-state index in [-0.39, 0.29) is 5.91 Å². The summed E-state index contributed by atoms with van der Waals surface area (Å²) >= 11 is 0. The molecule has 1 aromatic carbocycles. The molecule has 1 aliphatic rings. The quantitative estimate of drug-likeness (QED) is 0.869. The number of benzene rings is 1. The van der Waals surface area contributed by atoms with E-state index in [4.69, 9.17) is 0 Å².